The molecule has 0 aromatic heterocycles. The molecule has 2 rings (SSSR count). The molecule has 1 aromatic rings. The summed E-state index contributed by atoms with van der Waals surface area (Å²) in [5.41, 5.74) is 5.00. The van der Waals surface area contributed by atoms with Gasteiger partial charge in [0, 0.05) is 29.2 Å². The van der Waals surface area contributed by atoms with Crippen LogP contribution in [0.1, 0.15) is 27.2 Å². The topological polar surface area (TPSA) is 64.3 Å². The number of ether oxygens (including phenoxy) is 1. The molecular weight excluding hydrogens is 295 g/mol. The Morgan fingerprint density at radius 2 is 2.19 bits per heavy atom. The molecule has 2 atom stereocenters. The van der Waals surface area contributed by atoms with Gasteiger partial charge in [0.1, 0.15) is 11.4 Å². The summed E-state index contributed by atoms with van der Waals surface area (Å²) in [7, 11) is 0. The fraction of sp³-hybridized carbons (Fsp3) is 0.533. The summed E-state index contributed by atoms with van der Waals surface area (Å²) >= 11 is 5.77. The highest BCUT2D eigenvalue weighted by Gasteiger charge is 2.62. The second kappa shape index (κ2) is 5.55. The zero-order chi connectivity index (χ0) is 15.8. The van der Waals surface area contributed by atoms with Crippen molar-refractivity contribution in [3.63, 3.8) is 0 Å². The Hall–Kier alpha value is -1.17. The van der Waals surface area contributed by atoms with Crippen molar-refractivity contribution in [2.24, 2.45) is 11.1 Å². The molecule has 1 aromatic carbocycles. The minimum atomic E-state index is -1.05. The molecule has 6 heteroatoms. The molecule has 0 saturated heterocycles. The van der Waals surface area contributed by atoms with Gasteiger partial charge in [-0.05, 0) is 25.1 Å². The fourth-order valence-electron chi connectivity index (χ4n) is 2.69. The summed E-state index contributed by atoms with van der Waals surface area (Å²) in [6.45, 7) is 6.27. The maximum Gasteiger partial charge on any atom is 0.245 e. The number of carbonyl (C=O) groups excluding carboxylic acids is 1. The molecule has 0 radical (unpaired) electrons. The van der Waals surface area contributed by atoms with Crippen LogP contribution < -0.4 is 11.1 Å². The first kappa shape index (κ1) is 16.2. The fourth-order valence-corrected chi connectivity index (χ4v) is 2.91. The predicted molar refractivity (Wildman–Crippen MR) is 80.8 cm³/mol. The van der Waals surface area contributed by atoms with Gasteiger partial charge in [0.25, 0.3) is 0 Å². The van der Waals surface area contributed by atoms with Crippen LogP contribution in [0.5, 0.6) is 0 Å². The van der Waals surface area contributed by atoms with E-state index in [0.29, 0.717) is 18.7 Å². The quantitative estimate of drug-likeness (QED) is 0.898. The summed E-state index contributed by atoms with van der Waals surface area (Å²) in [5.74, 6) is -0.867. The minimum absolute atomic E-state index is 0.0608. The predicted octanol–water partition coefficient (Wildman–Crippen LogP) is 2.95. The molecule has 0 aliphatic heterocycles. The molecule has 0 heterocycles. The molecule has 1 aliphatic rings. The minimum Gasteiger partial charge on any atom is -0.378 e. The number of amides is 1. The first-order valence-corrected chi connectivity index (χ1v) is 7.26. The third-order valence-corrected chi connectivity index (χ3v) is 4.57. The zero-order valence-corrected chi connectivity index (χ0v) is 13.1. The molecule has 0 bridgehead atoms. The van der Waals surface area contributed by atoms with Gasteiger partial charge in [-0.1, -0.05) is 25.4 Å². The Morgan fingerprint density at radius 1 is 1.52 bits per heavy atom. The second-order valence-corrected chi connectivity index (χ2v) is 6.39. The number of hydrogen-bond acceptors (Lipinski definition) is 3. The van der Waals surface area contributed by atoms with Gasteiger partial charge < -0.3 is 15.8 Å². The molecule has 21 heavy (non-hydrogen) atoms. The van der Waals surface area contributed by atoms with Crippen LogP contribution in [0.3, 0.4) is 0 Å². The van der Waals surface area contributed by atoms with E-state index in [1.807, 2.05) is 20.8 Å². The van der Waals surface area contributed by atoms with Gasteiger partial charge in [-0.25, -0.2) is 4.39 Å². The summed E-state index contributed by atoms with van der Waals surface area (Å²) in [5, 5.41) is 2.86. The summed E-state index contributed by atoms with van der Waals surface area (Å²) in [4.78, 5) is 12.4. The van der Waals surface area contributed by atoms with Crippen molar-refractivity contribution in [3.05, 3.63) is 29.0 Å². The van der Waals surface area contributed by atoms with Crippen LogP contribution in [0.15, 0.2) is 18.2 Å². The normalized spacial score (nSPS) is 27.0. The van der Waals surface area contributed by atoms with E-state index in [1.54, 1.807) is 0 Å². The smallest absolute Gasteiger partial charge is 0.245 e. The Morgan fingerprint density at radius 3 is 2.71 bits per heavy atom. The van der Waals surface area contributed by atoms with E-state index in [4.69, 9.17) is 22.1 Å². The average molecular weight is 315 g/mol. The highest BCUT2D eigenvalue weighted by Crippen LogP contribution is 2.50. The lowest BCUT2D eigenvalue weighted by molar-refractivity contribution is -0.166. The van der Waals surface area contributed by atoms with Crippen molar-refractivity contribution in [2.75, 3.05) is 11.9 Å². The van der Waals surface area contributed by atoms with Crippen molar-refractivity contribution in [3.8, 4) is 0 Å². The van der Waals surface area contributed by atoms with E-state index < -0.39 is 16.8 Å². The Kier molecular flexibility index (Phi) is 4.29. The van der Waals surface area contributed by atoms with Gasteiger partial charge in [-0.2, -0.15) is 0 Å². The standard InChI is InChI=1S/C15H20ClFN2O2/c1-4-21-12-8-15(18,14(12,2)3)13(20)19-11-6-9(16)5-10(17)7-11/h5-7,12H,4,8,18H2,1-3H3,(H,19,20). The van der Waals surface area contributed by atoms with E-state index in [9.17, 15) is 9.18 Å². The third kappa shape index (κ3) is 2.78. The van der Waals surface area contributed by atoms with Crippen molar-refractivity contribution in [1.29, 1.82) is 0 Å². The van der Waals surface area contributed by atoms with Gasteiger partial charge >= 0.3 is 0 Å². The molecule has 3 N–H and O–H groups in total. The van der Waals surface area contributed by atoms with Gasteiger partial charge in [-0.15, -0.1) is 0 Å². The molecule has 1 saturated carbocycles. The Bertz CT molecular complexity index is 544. The number of hydrogen-bond donors (Lipinski definition) is 2. The monoisotopic (exact) mass is 314 g/mol. The summed E-state index contributed by atoms with van der Waals surface area (Å²) < 4.78 is 18.9. The lowest BCUT2D eigenvalue weighted by Crippen LogP contribution is -2.74. The van der Waals surface area contributed by atoms with Crippen LogP contribution >= 0.6 is 11.6 Å². The van der Waals surface area contributed by atoms with E-state index in [2.05, 4.69) is 5.32 Å². The molecule has 1 fully saturated rings. The molecule has 0 spiro atoms. The number of nitrogens with two attached hydrogens (primary N) is 1. The van der Waals surface area contributed by atoms with Crippen LogP contribution in [0.2, 0.25) is 5.02 Å². The van der Waals surface area contributed by atoms with E-state index in [1.165, 1.54) is 18.2 Å². The molecule has 4 nitrogen and oxygen atoms in total. The second-order valence-electron chi connectivity index (χ2n) is 5.95. The number of rotatable bonds is 4. The summed E-state index contributed by atoms with van der Waals surface area (Å²) in [6.07, 6.45) is 0.372. The van der Waals surface area contributed by atoms with Crippen molar-refractivity contribution < 1.29 is 13.9 Å². The number of halogens is 2. The van der Waals surface area contributed by atoms with Gasteiger partial charge in [0.15, 0.2) is 0 Å². The Balaban J connectivity index is 2.14. The number of anilines is 1. The van der Waals surface area contributed by atoms with E-state index in [0.717, 1.165) is 0 Å². The SMILES string of the molecule is CCOC1CC(N)(C(=O)Nc2cc(F)cc(Cl)c2)C1(C)C. The number of benzene rings is 1. The summed E-state index contributed by atoms with van der Waals surface area (Å²) in [6, 6.07) is 3.87. The largest absolute Gasteiger partial charge is 0.378 e. The van der Waals surface area contributed by atoms with Crippen LogP contribution in [0.4, 0.5) is 10.1 Å². The number of carbonyl (C=O) groups is 1. The lowest BCUT2D eigenvalue weighted by atomic mass is 9.54. The zero-order valence-electron chi connectivity index (χ0n) is 12.4. The van der Waals surface area contributed by atoms with Gasteiger partial charge in [0.05, 0.1) is 6.10 Å². The number of nitrogens with one attached hydrogen (secondary N) is 1. The molecule has 2 unspecified atom stereocenters. The first-order valence-electron chi connectivity index (χ1n) is 6.88. The maximum absolute atomic E-state index is 13.3. The molecule has 1 aliphatic carbocycles. The van der Waals surface area contributed by atoms with Gasteiger partial charge in [0.2, 0.25) is 5.91 Å². The molecular formula is C15H20ClFN2O2. The van der Waals surface area contributed by atoms with Crippen molar-refractivity contribution in [1.82, 2.24) is 0 Å². The van der Waals surface area contributed by atoms with Crippen LogP contribution in [0.25, 0.3) is 0 Å². The van der Waals surface area contributed by atoms with E-state index in [-0.39, 0.29) is 17.0 Å². The van der Waals surface area contributed by atoms with Crippen molar-refractivity contribution >= 4 is 23.2 Å². The Labute approximate surface area is 128 Å². The van der Waals surface area contributed by atoms with Gasteiger partial charge in [-0.3, -0.25) is 4.79 Å². The highest BCUT2D eigenvalue weighted by atomic mass is 35.5. The first-order chi connectivity index (χ1) is 9.70. The highest BCUT2D eigenvalue weighted by molar-refractivity contribution is 6.30. The maximum atomic E-state index is 13.3. The van der Waals surface area contributed by atoms with Crippen LogP contribution in [-0.2, 0) is 9.53 Å². The molecule has 116 valence electrons. The average Bonchev–Trinajstić information content (AvgIpc) is 2.36. The van der Waals surface area contributed by atoms with Crippen LogP contribution in [-0.4, -0.2) is 24.2 Å². The van der Waals surface area contributed by atoms with Crippen molar-refractivity contribution in [2.45, 2.75) is 38.8 Å². The lowest BCUT2D eigenvalue weighted by Gasteiger charge is -2.57. The molecule has 1 amide bonds. The van der Waals surface area contributed by atoms with Crippen LogP contribution in [0, 0.1) is 11.2 Å². The third-order valence-electron chi connectivity index (χ3n) is 4.36. The van der Waals surface area contributed by atoms with E-state index >= 15 is 0 Å².